The van der Waals surface area contributed by atoms with E-state index in [2.05, 4.69) is 15.5 Å². The zero-order valence-electron chi connectivity index (χ0n) is 11.2. The molecule has 0 aliphatic rings. The number of alkyl halides is 2. The first-order valence-electron chi connectivity index (χ1n) is 6.39. The maximum atomic E-state index is 11.9. The molecule has 0 amide bonds. The van der Waals surface area contributed by atoms with Crippen LogP contribution in [-0.2, 0) is 16.0 Å². The van der Waals surface area contributed by atoms with Crippen LogP contribution in [0.4, 0.5) is 8.78 Å². The predicted octanol–water partition coefficient (Wildman–Crippen LogP) is 1.31. The summed E-state index contributed by atoms with van der Waals surface area (Å²) in [6.07, 6.45) is -0.907. The summed E-state index contributed by atoms with van der Waals surface area (Å²) >= 11 is 0. The summed E-state index contributed by atoms with van der Waals surface area (Å²) in [7, 11) is 0. The Morgan fingerprint density at radius 3 is 2.85 bits per heavy atom. The number of aliphatic carboxylic acids is 1. The number of carbonyl (C=O) groups is 1. The van der Waals surface area contributed by atoms with Gasteiger partial charge < -0.3 is 9.84 Å². The fourth-order valence-corrected chi connectivity index (χ4v) is 1.84. The first-order chi connectivity index (χ1) is 9.54. The second-order valence-corrected chi connectivity index (χ2v) is 4.30. The number of hydrogen-bond acceptors (Lipinski definition) is 5. The van der Waals surface area contributed by atoms with E-state index < -0.39 is 19.0 Å². The Hall–Kier alpha value is -1.64. The molecular formula is C11H18F2N4O3. The Balaban J connectivity index is 2.60. The van der Waals surface area contributed by atoms with E-state index in [0.29, 0.717) is 12.2 Å². The molecule has 20 heavy (non-hydrogen) atoms. The van der Waals surface area contributed by atoms with Gasteiger partial charge in [-0.25, -0.2) is 13.5 Å². The molecular weight excluding hydrogens is 274 g/mol. The van der Waals surface area contributed by atoms with Gasteiger partial charge in [0.25, 0.3) is 6.43 Å². The zero-order chi connectivity index (χ0) is 15.0. The van der Waals surface area contributed by atoms with Crippen LogP contribution in [0.3, 0.4) is 0 Å². The van der Waals surface area contributed by atoms with E-state index in [4.69, 9.17) is 9.84 Å². The van der Waals surface area contributed by atoms with E-state index >= 15 is 0 Å². The van der Waals surface area contributed by atoms with E-state index in [9.17, 15) is 13.6 Å². The van der Waals surface area contributed by atoms with E-state index in [1.54, 1.807) is 0 Å². The fourth-order valence-electron chi connectivity index (χ4n) is 1.84. The highest BCUT2D eigenvalue weighted by Gasteiger charge is 2.19. The summed E-state index contributed by atoms with van der Waals surface area (Å²) in [5.74, 6) is -0.488. The average molecular weight is 292 g/mol. The van der Waals surface area contributed by atoms with Crippen molar-refractivity contribution in [3.05, 3.63) is 5.82 Å². The highest BCUT2D eigenvalue weighted by molar-refractivity contribution is 5.67. The fraction of sp³-hybridized carbons (Fsp3) is 0.818. The van der Waals surface area contributed by atoms with Crippen molar-refractivity contribution in [3.8, 4) is 0 Å². The Morgan fingerprint density at radius 1 is 1.50 bits per heavy atom. The average Bonchev–Trinajstić information content (AvgIpc) is 2.81. The van der Waals surface area contributed by atoms with Crippen LogP contribution in [0.1, 0.15) is 38.1 Å². The maximum absolute atomic E-state index is 11.9. The van der Waals surface area contributed by atoms with Crippen molar-refractivity contribution >= 4 is 5.97 Å². The van der Waals surface area contributed by atoms with Crippen molar-refractivity contribution in [2.24, 2.45) is 0 Å². The number of tetrazole rings is 1. The molecule has 1 aromatic rings. The SMILES string of the molecule is CCCC(CC(=O)O)n1nnnc1CCOCC(F)F. The van der Waals surface area contributed by atoms with Crippen LogP contribution in [0, 0.1) is 0 Å². The summed E-state index contributed by atoms with van der Waals surface area (Å²) in [5.41, 5.74) is 0. The van der Waals surface area contributed by atoms with Gasteiger partial charge in [0, 0.05) is 6.42 Å². The zero-order valence-corrected chi connectivity index (χ0v) is 11.2. The molecule has 1 heterocycles. The lowest BCUT2D eigenvalue weighted by atomic mass is 10.1. The van der Waals surface area contributed by atoms with Gasteiger partial charge in [-0.3, -0.25) is 4.79 Å². The Bertz CT molecular complexity index is 414. The molecule has 7 nitrogen and oxygen atoms in total. The van der Waals surface area contributed by atoms with Crippen molar-refractivity contribution in [1.82, 2.24) is 20.2 Å². The molecule has 0 aliphatic carbocycles. The Kier molecular flexibility index (Phi) is 6.99. The molecule has 1 rings (SSSR count). The summed E-state index contributed by atoms with van der Waals surface area (Å²) in [5, 5.41) is 20.0. The van der Waals surface area contributed by atoms with Crippen LogP contribution in [0.2, 0.25) is 0 Å². The molecule has 0 saturated heterocycles. The van der Waals surface area contributed by atoms with Gasteiger partial charge in [-0.2, -0.15) is 0 Å². The number of hydrogen-bond donors (Lipinski definition) is 1. The van der Waals surface area contributed by atoms with Gasteiger partial charge in [0.15, 0.2) is 5.82 Å². The third-order valence-electron chi connectivity index (χ3n) is 2.65. The van der Waals surface area contributed by atoms with Gasteiger partial charge in [0.1, 0.15) is 6.61 Å². The third-order valence-corrected chi connectivity index (χ3v) is 2.65. The maximum Gasteiger partial charge on any atom is 0.305 e. The highest BCUT2D eigenvalue weighted by Crippen LogP contribution is 2.18. The van der Waals surface area contributed by atoms with Crippen molar-refractivity contribution in [3.63, 3.8) is 0 Å². The number of nitrogens with zero attached hydrogens (tertiary/aromatic N) is 4. The molecule has 0 spiro atoms. The molecule has 0 aromatic carbocycles. The van der Waals surface area contributed by atoms with Gasteiger partial charge in [0.05, 0.1) is 19.1 Å². The number of carboxylic acid groups (broad SMARTS) is 1. The van der Waals surface area contributed by atoms with Gasteiger partial charge in [0.2, 0.25) is 0 Å². The van der Waals surface area contributed by atoms with E-state index in [1.165, 1.54) is 4.68 Å². The van der Waals surface area contributed by atoms with Crippen molar-refractivity contribution in [2.45, 2.75) is 45.1 Å². The molecule has 1 unspecified atom stereocenters. The van der Waals surface area contributed by atoms with Gasteiger partial charge in [-0.1, -0.05) is 13.3 Å². The second kappa shape index (κ2) is 8.51. The van der Waals surface area contributed by atoms with Crippen molar-refractivity contribution in [1.29, 1.82) is 0 Å². The number of ether oxygens (including phenoxy) is 1. The minimum Gasteiger partial charge on any atom is -0.481 e. The molecule has 9 heteroatoms. The van der Waals surface area contributed by atoms with Crippen molar-refractivity contribution in [2.75, 3.05) is 13.2 Å². The van der Waals surface area contributed by atoms with E-state index in [1.807, 2.05) is 6.92 Å². The Labute approximate surface area is 114 Å². The number of rotatable bonds is 10. The van der Waals surface area contributed by atoms with Crippen LogP contribution in [-0.4, -0.2) is 50.9 Å². The number of halogens is 2. The molecule has 0 fully saturated rings. The number of aromatic nitrogens is 4. The summed E-state index contributed by atoms with van der Waals surface area (Å²) in [6, 6.07) is -0.336. The van der Waals surface area contributed by atoms with Gasteiger partial charge in [-0.15, -0.1) is 5.10 Å². The molecule has 1 aromatic heterocycles. The van der Waals surface area contributed by atoms with Crippen LogP contribution in [0.25, 0.3) is 0 Å². The number of carboxylic acids is 1. The third kappa shape index (κ3) is 5.55. The molecule has 0 saturated carbocycles. The summed E-state index contributed by atoms with van der Waals surface area (Å²) in [4.78, 5) is 10.8. The lowest BCUT2D eigenvalue weighted by molar-refractivity contribution is -0.138. The first-order valence-corrected chi connectivity index (χ1v) is 6.39. The minimum absolute atomic E-state index is 0.0661. The summed E-state index contributed by atoms with van der Waals surface area (Å²) in [6.45, 7) is 1.37. The molecule has 0 aliphatic heterocycles. The normalized spacial score (nSPS) is 12.8. The molecule has 1 atom stereocenters. The second-order valence-electron chi connectivity index (χ2n) is 4.30. The lowest BCUT2D eigenvalue weighted by Crippen LogP contribution is -2.19. The van der Waals surface area contributed by atoms with Crippen LogP contribution in [0.5, 0.6) is 0 Å². The smallest absolute Gasteiger partial charge is 0.305 e. The monoisotopic (exact) mass is 292 g/mol. The first kappa shape index (κ1) is 16.4. The summed E-state index contributed by atoms with van der Waals surface area (Å²) < 4.78 is 30.0. The Morgan fingerprint density at radius 2 is 2.25 bits per heavy atom. The van der Waals surface area contributed by atoms with Crippen LogP contribution in [0.15, 0.2) is 0 Å². The standard InChI is InChI=1S/C11H18F2N4O3/c1-2-3-8(6-11(18)19)17-10(14-15-16-17)4-5-20-7-9(12)13/h8-9H,2-7H2,1H3,(H,18,19). The molecule has 114 valence electrons. The quantitative estimate of drug-likeness (QED) is 0.654. The molecule has 0 bridgehead atoms. The largest absolute Gasteiger partial charge is 0.481 e. The van der Waals surface area contributed by atoms with Crippen LogP contribution < -0.4 is 0 Å². The molecule has 1 N–H and O–H groups in total. The molecule has 0 radical (unpaired) electrons. The lowest BCUT2D eigenvalue weighted by Gasteiger charge is -2.15. The van der Waals surface area contributed by atoms with E-state index in [-0.39, 0.29) is 25.5 Å². The van der Waals surface area contributed by atoms with Crippen LogP contribution >= 0.6 is 0 Å². The predicted molar refractivity (Wildman–Crippen MR) is 64.5 cm³/mol. The highest BCUT2D eigenvalue weighted by atomic mass is 19.3. The van der Waals surface area contributed by atoms with Gasteiger partial charge >= 0.3 is 5.97 Å². The van der Waals surface area contributed by atoms with Crippen molar-refractivity contribution < 1.29 is 23.4 Å². The topological polar surface area (TPSA) is 90.1 Å². The van der Waals surface area contributed by atoms with Gasteiger partial charge in [-0.05, 0) is 16.8 Å². The minimum atomic E-state index is -2.51. The van der Waals surface area contributed by atoms with E-state index in [0.717, 1.165) is 6.42 Å².